The Morgan fingerprint density at radius 2 is 1.88 bits per heavy atom. The van der Waals surface area contributed by atoms with Gasteiger partial charge in [0.15, 0.2) is 11.7 Å². The van der Waals surface area contributed by atoms with E-state index in [1.54, 1.807) is 6.07 Å². The zero-order valence-electron chi connectivity index (χ0n) is 15.7. The Labute approximate surface area is 159 Å². The molecule has 26 heavy (non-hydrogen) atoms. The Morgan fingerprint density at radius 1 is 1.12 bits per heavy atom. The lowest BCUT2D eigenvalue weighted by atomic mass is 10.2. The summed E-state index contributed by atoms with van der Waals surface area (Å²) in [5, 5.41) is 9.41. The predicted molar refractivity (Wildman–Crippen MR) is 107 cm³/mol. The summed E-state index contributed by atoms with van der Waals surface area (Å²) in [6, 6.07) is 6.09. The summed E-state index contributed by atoms with van der Waals surface area (Å²) in [7, 11) is 0. The highest BCUT2D eigenvalue weighted by Crippen LogP contribution is 2.17. The third-order valence-electron chi connectivity index (χ3n) is 3.80. The van der Waals surface area contributed by atoms with Crippen LogP contribution >= 0.6 is 11.3 Å². The highest BCUT2D eigenvalue weighted by atomic mass is 32.1. The Hall–Kier alpha value is -2.28. The van der Waals surface area contributed by atoms with E-state index in [4.69, 9.17) is 4.42 Å². The highest BCUT2D eigenvalue weighted by molar-refractivity contribution is 7.11. The first-order chi connectivity index (χ1) is 12.6. The maximum Gasteiger partial charge on any atom is 0.287 e. The summed E-state index contributed by atoms with van der Waals surface area (Å²) < 4.78 is 5.18. The van der Waals surface area contributed by atoms with Crippen molar-refractivity contribution >= 4 is 23.2 Å². The Bertz CT molecular complexity index is 721. The number of carbonyl (C=O) groups is 1. The van der Waals surface area contributed by atoms with Crippen LogP contribution in [-0.4, -0.2) is 31.5 Å². The van der Waals surface area contributed by atoms with E-state index in [2.05, 4.69) is 40.0 Å². The van der Waals surface area contributed by atoms with E-state index in [1.807, 2.05) is 25.2 Å². The Balaban J connectivity index is 1.71. The van der Waals surface area contributed by atoms with Gasteiger partial charge in [-0.25, -0.2) is 4.99 Å². The van der Waals surface area contributed by atoms with Crippen LogP contribution in [0, 0.1) is 6.92 Å². The first kappa shape index (κ1) is 20.0. The van der Waals surface area contributed by atoms with Crippen LogP contribution in [0.1, 0.15) is 46.1 Å². The standard InChI is InChI=1S/C19H28N4O2S/c1-4-15-7-8-16(26-15)13-23-19(20-5-2)22-11-6-10-21-18(24)17-14(3)9-12-25-17/h7-9,12H,4-6,10-11,13H2,1-3H3,(H,21,24)(H2,20,22,23). The molecule has 0 aliphatic rings. The fraction of sp³-hybridized carbons (Fsp3) is 0.474. The molecule has 0 spiro atoms. The summed E-state index contributed by atoms with van der Waals surface area (Å²) in [5.74, 6) is 1.01. The van der Waals surface area contributed by atoms with Crippen molar-refractivity contribution in [3.05, 3.63) is 45.5 Å². The van der Waals surface area contributed by atoms with Gasteiger partial charge in [-0.3, -0.25) is 4.79 Å². The van der Waals surface area contributed by atoms with Gasteiger partial charge in [-0.2, -0.15) is 0 Å². The maximum atomic E-state index is 12.0. The SMILES string of the molecule is CCNC(=NCc1ccc(CC)s1)NCCCNC(=O)c1occc1C. The zero-order valence-corrected chi connectivity index (χ0v) is 16.5. The molecular formula is C19H28N4O2S. The van der Waals surface area contributed by atoms with Crippen molar-refractivity contribution in [2.45, 2.75) is 40.2 Å². The number of thiophene rings is 1. The van der Waals surface area contributed by atoms with Gasteiger partial charge in [0, 0.05) is 35.0 Å². The topological polar surface area (TPSA) is 78.7 Å². The van der Waals surface area contributed by atoms with Crippen molar-refractivity contribution in [1.29, 1.82) is 0 Å². The summed E-state index contributed by atoms with van der Waals surface area (Å²) in [4.78, 5) is 19.2. The molecule has 0 atom stereocenters. The molecule has 0 radical (unpaired) electrons. The van der Waals surface area contributed by atoms with Crippen molar-refractivity contribution in [3.8, 4) is 0 Å². The van der Waals surface area contributed by atoms with E-state index in [0.717, 1.165) is 37.5 Å². The number of nitrogens with zero attached hydrogens (tertiary/aromatic N) is 1. The number of furan rings is 1. The smallest absolute Gasteiger partial charge is 0.287 e. The van der Waals surface area contributed by atoms with E-state index in [-0.39, 0.29) is 5.91 Å². The molecule has 7 heteroatoms. The average Bonchev–Trinajstić information content (AvgIpc) is 3.27. The molecule has 0 fully saturated rings. The minimum absolute atomic E-state index is 0.169. The fourth-order valence-corrected chi connectivity index (χ4v) is 3.26. The molecule has 1 amide bonds. The largest absolute Gasteiger partial charge is 0.459 e. The van der Waals surface area contributed by atoms with Crippen LogP contribution in [0.3, 0.4) is 0 Å². The molecule has 0 saturated heterocycles. The zero-order chi connectivity index (χ0) is 18.8. The molecule has 142 valence electrons. The number of hydrogen-bond acceptors (Lipinski definition) is 4. The lowest BCUT2D eigenvalue weighted by Crippen LogP contribution is -2.38. The monoisotopic (exact) mass is 376 g/mol. The average molecular weight is 377 g/mol. The number of amides is 1. The van der Waals surface area contributed by atoms with Gasteiger partial charge in [-0.1, -0.05) is 6.92 Å². The first-order valence-electron chi connectivity index (χ1n) is 9.06. The summed E-state index contributed by atoms with van der Waals surface area (Å²) >= 11 is 1.81. The molecule has 0 unspecified atom stereocenters. The molecule has 2 aromatic rings. The van der Waals surface area contributed by atoms with E-state index in [0.29, 0.717) is 18.8 Å². The van der Waals surface area contributed by atoms with Crippen LogP contribution in [0.4, 0.5) is 0 Å². The number of aliphatic imine (C=N–C) groups is 1. The third kappa shape index (κ3) is 6.22. The molecule has 0 aromatic carbocycles. The normalized spacial score (nSPS) is 11.4. The maximum absolute atomic E-state index is 12.0. The highest BCUT2D eigenvalue weighted by Gasteiger charge is 2.11. The van der Waals surface area contributed by atoms with Crippen molar-refractivity contribution in [3.63, 3.8) is 0 Å². The van der Waals surface area contributed by atoms with E-state index >= 15 is 0 Å². The molecule has 2 rings (SSSR count). The number of carbonyl (C=O) groups excluding carboxylic acids is 1. The van der Waals surface area contributed by atoms with Crippen LogP contribution < -0.4 is 16.0 Å². The van der Waals surface area contributed by atoms with Gasteiger partial charge in [0.1, 0.15) is 0 Å². The summed E-state index contributed by atoms with van der Waals surface area (Å²) in [6.07, 6.45) is 3.40. The first-order valence-corrected chi connectivity index (χ1v) is 9.87. The van der Waals surface area contributed by atoms with Gasteiger partial charge < -0.3 is 20.4 Å². The van der Waals surface area contributed by atoms with E-state index < -0.39 is 0 Å². The number of guanidine groups is 1. The minimum Gasteiger partial charge on any atom is -0.459 e. The summed E-state index contributed by atoms with van der Waals surface area (Å²) in [5.41, 5.74) is 0.849. The quantitative estimate of drug-likeness (QED) is 0.357. The Morgan fingerprint density at radius 3 is 2.54 bits per heavy atom. The predicted octanol–water partition coefficient (Wildman–Crippen LogP) is 3.09. The second kappa shape index (κ2) is 10.7. The molecule has 0 aliphatic heterocycles. The number of hydrogen-bond donors (Lipinski definition) is 3. The molecule has 0 aliphatic carbocycles. The molecule has 2 heterocycles. The molecule has 0 saturated carbocycles. The lowest BCUT2D eigenvalue weighted by molar-refractivity contribution is 0.0925. The molecule has 6 nitrogen and oxygen atoms in total. The molecule has 2 aromatic heterocycles. The van der Waals surface area contributed by atoms with Crippen LogP contribution in [0.25, 0.3) is 0 Å². The van der Waals surface area contributed by atoms with Gasteiger partial charge in [0.25, 0.3) is 5.91 Å². The van der Waals surface area contributed by atoms with E-state index in [9.17, 15) is 4.79 Å². The van der Waals surface area contributed by atoms with Crippen LogP contribution in [0.15, 0.2) is 33.9 Å². The van der Waals surface area contributed by atoms with E-state index in [1.165, 1.54) is 16.0 Å². The van der Waals surface area contributed by atoms with Crippen LogP contribution in [0.2, 0.25) is 0 Å². The second-order valence-corrected chi connectivity index (χ2v) is 7.14. The van der Waals surface area contributed by atoms with Crippen molar-refractivity contribution in [2.75, 3.05) is 19.6 Å². The Kier molecular flexibility index (Phi) is 8.21. The lowest BCUT2D eigenvalue weighted by Gasteiger charge is -2.11. The van der Waals surface area contributed by atoms with Crippen LogP contribution in [-0.2, 0) is 13.0 Å². The van der Waals surface area contributed by atoms with Crippen molar-refractivity contribution < 1.29 is 9.21 Å². The third-order valence-corrected chi connectivity index (χ3v) is 5.02. The van der Waals surface area contributed by atoms with Gasteiger partial charge in [0.05, 0.1) is 12.8 Å². The van der Waals surface area contributed by atoms with Crippen LogP contribution in [0.5, 0.6) is 0 Å². The fourth-order valence-electron chi connectivity index (χ4n) is 2.38. The van der Waals surface area contributed by atoms with Crippen molar-refractivity contribution in [1.82, 2.24) is 16.0 Å². The van der Waals surface area contributed by atoms with Gasteiger partial charge >= 0.3 is 0 Å². The molecular weight excluding hydrogens is 348 g/mol. The van der Waals surface area contributed by atoms with Gasteiger partial charge in [-0.05, 0) is 44.9 Å². The number of rotatable bonds is 9. The number of aryl methyl sites for hydroxylation is 2. The minimum atomic E-state index is -0.169. The van der Waals surface area contributed by atoms with Gasteiger partial charge in [-0.15, -0.1) is 11.3 Å². The van der Waals surface area contributed by atoms with Gasteiger partial charge in [0.2, 0.25) is 0 Å². The molecule has 3 N–H and O–H groups in total. The van der Waals surface area contributed by atoms with Crippen molar-refractivity contribution in [2.24, 2.45) is 4.99 Å². The number of nitrogens with one attached hydrogen (secondary N) is 3. The second-order valence-electron chi connectivity index (χ2n) is 5.89. The molecule has 0 bridgehead atoms. The summed E-state index contributed by atoms with van der Waals surface area (Å²) in [6.45, 7) is 8.86.